The maximum Gasteiger partial charge on any atom is 0.333 e. The van der Waals surface area contributed by atoms with Crippen molar-refractivity contribution in [3.8, 4) is 0 Å². The molecule has 1 aromatic heterocycles. The van der Waals surface area contributed by atoms with Crippen LogP contribution in [-0.4, -0.2) is 35.3 Å². The molecule has 0 radical (unpaired) electrons. The molecule has 2 heterocycles. The lowest BCUT2D eigenvalue weighted by Gasteiger charge is -2.16. The van der Waals surface area contributed by atoms with Gasteiger partial charge in [0.2, 0.25) is 0 Å². The van der Waals surface area contributed by atoms with Crippen LogP contribution >= 0.6 is 0 Å². The summed E-state index contributed by atoms with van der Waals surface area (Å²) in [6.45, 7) is 2.21. The molecular formula is C28H31N3O5. The molecule has 3 amide bonds. The smallest absolute Gasteiger partial charge is 0.333 e. The highest BCUT2D eigenvalue weighted by Crippen LogP contribution is 2.29. The number of Topliss-reactive ketones (excluding diaryl/α,β-unsaturated/α-hetero) is 1. The number of pyridine rings is 1. The molecule has 2 fully saturated rings. The number of urea groups is 1. The van der Waals surface area contributed by atoms with Crippen molar-refractivity contribution in [1.29, 1.82) is 0 Å². The Morgan fingerprint density at radius 2 is 1.61 bits per heavy atom. The van der Waals surface area contributed by atoms with Gasteiger partial charge in [-0.2, -0.15) is 0 Å². The van der Waals surface area contributed by atoms with Crippen molar-refractivity contribution in [3.63, 3.8) is 0 Å². The lowest BCUT2D eigenvalue weighted by molar-refractivity contribution is -0.148. The van der Waals surface area contributed by atoms with Gasteiger partial charge in [-0.3, -0.25) is 19.4 Å². The number of hydrogen-bond donors (Lipinski definition) is 1. The third-order valence-electron chi connectivity index (χ3n) is 6.76. The zero-order valence-electron chi connectivity index (χ0n) is 20.4. The van der Waals surface area contributed by atoms with E-state index in [0.717, 1.165) is 55.4 Å². The van der Waals surface area contributed by atoms with Gasteiger partial charge in [0.05, 0.1) is 18.2 Å². The highest BCUT2D eigenvalue weighted by atomic mass is 16.5. The van der Waals surface area contributed by atoms with E-state index in [0.29, 0.717) is 17.9 Å². The van der Waals surface area contributed by atoms with Crippen LogP contribution in [0.25, 0.3) is 6.08 Å². The van der Waals surface area contributed by atoms with Gasteiger partial charge in [0.1, 0.15) is 5.70 Å². The van der Waals surface area contributed by atoms with E-state index in [1.165, 1.54) is 0 Å². The molecule has 4 rings (SSSR count). The number of ketones is 1. The predicted molar refractivity (Wildman–Crippen MR) is 135 cm³/mol. The first-order valence-corrected chi connectivity index (χ1v) is 12.6. The van der Waals surface area contributed by atoms with Gasteiger partial charge in [0.25, 0.3) is 5.91 Å². The second-order valence-electron chi connectivity index (χ2n) is 9.18. The lowest BCUT2D eigenvalue weighted by atomic mass is 9.88. The maximum atomic E-state index is 13.2. The van der Waals surface area contributed by atoms with Crippen molar-refractivity contribution in [1.82, 2.24) is 10.3 Å². The maximum absolute atomic E-state index is 13.2. The molecule has 1 saturated heterocycles. The van der Waals surface area contributed by atoms with E-state index in [9.17, 15) is 19.2 Å². The molecule has 1 N–H and O–H groups in total. The molecule has 2 aromatic rings. The van der Waals surface area contributed by atoms with Crippen LogP contribution in [0, 0.1) is 11.8 Å². The third kappa shape index (κ3) is 5.87. The van der Waals surface area contributed by atoms with E-state index in [1.54, 1.807) is 54.9 Å². The molecule has 1 aliphatic heterocycles. The fourth-order valence-electron chi connectivity index (χ4n) is 4.85. The SMILES string of the molecule is CCOC(=O)C1CCCCC(C(=O)c2ccc(N3C(=O)NC(=Cc4ccncc4)C3=O)cc2)CCC1. The summed E-state index contributed by atoms with van der Waals surface area (Å²) < 4.78 is 5.20. The Labute approximate surface area is 210 Å². The van der Waals surface area contributed by atoms with Crippen LogP contribution < -0.4 is 10.2 Å². The van der Waals surface area contributed by atoms with Crippen molar-refractivity contribution in [2.24, 2.45) is 11.8 Å². The molecular weight excluding hydrogens is 458 g/mol. The second-order valence-corrected chi connectivity index (χ2v) is 9.18. The van der Waals surface area contributed by atoms with Gasteiger partial charge in [0, 0.05) is 23.9 Å². The Hall–Kier alpha value is -3.81. The van der Waals surface area contributed by atoms with Crippen LogP contribution in [-0.2, 0) is 14.3 Å². The minimum Gasteiger partial charge on any atom is -0.466 e. The van der Waals surface area contributed by atoms with Crippen molar-refractivity contribution in [2.45, 2.75) is 51.9 Å². The Morgan fingerprint density at radius 3 is 2.31 bits per heavy atom. The van der Waals surface area contributed by atoms with Crippen LogP contribution in [0.4, 0.5) is 10.5 Å². The molecule has 188 valence electrons. The van der Waals surface area contributed by atoms with Gasteiger partial charge in [-0.15, -0.1) is 0 Å². The first-order valence-electron chi connectivity index (χ1n) is 12.6. The van der Waals surface area contributed by atoms with Crippen LogP contribution in [0.15, 0.2) is 54.5 Å². The van der Waals surface area contributed by atoms with Crippen LogP contribution in [0.1, 0.15) is 67.8 Å². The van der Waals surface area contributed by atoms with Crippen LogP contribution in [0.5, 0.6) is 0 Å². The summed E-state index contributed by atoms with van der Waals surface area (Å²) in [6, 6.07) is 9.56. The van der Waals surface area contributed by atoms with Gasteiger partial charge in [-0.25, -0.2) is 9.69 Å². The number of carbonyl (C=O) groups is 4. The van der Waals surface area contributed by atoms with E-state index in [2.05, 4.69) is 10.3 Å². The molecule has 1 aromatic carbocycles. The number of esters is 1. The first-order chi connectivity index (χ1) is 17.5. The van der Waals surface area contributed by atoms with E-state index in [4.69, 9.17) is 4.74 Å². The number of hydrogen-bond acceptors (Lipinski definition) is 6. The number of carbonyl (C=O) groups excluding carboxylic acids is 4. The highest BCUT2D eigenvalue weighted by Gasteiger charge is 2.35. The standard InChI is InChI=1S/C28H31N3O5/c1-2-36-27(34)22-7-4-3-6-20(8-5-9-22)25(32)21-10-12-23(13-11-21)31-26(33)24(30-28(31)35)18-19-14-16-29-17-15-19/h10-18,20,22H,2-9H2,1H3,(H,30,35). The van der Waals surface area contributed by atoms with Crippen molar-refractivity contribution in [2.75, 3.05) is 11.5 Å². The zero-order valence-corrected chi connectivity index (χ0v) is 20.4. The summed E-state index contributed by atoms with van der Waals surface area (Å²) in [5.74, 6) is -0.713. The Balaban J connectivity index is 1.41. The number of rotatable bonds is 6. The molecule has 0 spiro atoms. The molecule has 8 heteroatoms. The molecule has 2 aliphatic rings. The molecule has 8 nitrogen and oxygen atoms in total. The average molecular weight is 490 g/mol. The molecule has 1 saturated carbocycles. The zero-order chi connectivity index (χ0) is 25.5. The lowest BCUT2D eigenvalue weighted by Crippen LogP contribution is -2.30. The monoisotopic (exact) mass is 489 g/mol. The number of benzene rings is 1. The largest absolute Gasteiger partial charge is 0.466 e. The van der Waals surface area contributed by atoms with E-state index < -0.39 is 11.9 Å². The number of nitrogens with zero attached hydrogens (tertiary/aromatic N) is 2. The molecule has 2 atom stereocenters. The van der Waals surface area contributed by atoms with Gasteiger partial charge in [-0.1, -0.05) is 19.3 Å². The first kappa shape index (κ1) is 25.3. The highest BCUT2D eigenvalue weighted by molar-refractivity contribution is 6.28. The Morgan fingerprint density at radius 1 is 0.972 bits per heavy atom. The van der Waals surface area contributed by atoms with Gasteiger partial charge in [-0.05, 0) is 80.6 Å². The minimum atomic E-state index is -0.535. The number of ether oxygens (including phenoxy) is 1. The summed E-state index contributed by atoms with van der Waals surface area (Å²) >= 11 is 0. The number of anilines is 1. The summed E-state index contributed by atoms with van der Waals surface area (Å²) in [6.07, 6.45) is 10.5. The molecule has 36 heavy (non-hydrogen) atoms. The topological polar surface area (TPSA) is 106 Å². The minimum absolute atomic E-state index is 0.0617. The van der Waals surface area contributed by atoms with Crippen molar-refractivity contribution >= 4 is 35.5 Å². The van der Waals surface area contributed by atoms with Gasteiger partial charge >= 0.3 is 12.0 Å². The van der Waals surface area contributed by atoms with E-state index in [1.807, 2.05) is 6.92 Å². The van der Waals surface area contributed by atoms with E-state index >= 15 is 0 Å². The quantitative estimate of drug-likeness (QED) is 0.268. The fourth-order valence-corrected chi connectivity index (χ4v) is 4.85. The predicted octanol–water partition coefficient (Wildman–Crippen LogP) is 4.90. The number of nitrogens with one attached hydrogen (secondary N) is 1. The number of imide groups is 1. The molecule has 2 unspecified atom stereocenters. The summed E-state index contributed by atoms with van der Waals surface area (Å²) in [5, 5.41) is 2.61. The van der Waals surface area contributed by atoms with Crippen LogP contribution in [0.3, 0.4) is 0 Å². The number of amides is 3. The van der Waals surface area contributed by atoms with E-state index in [-0.39, 0.29) is 29.3 Å². The second kappa shape index (κ2) is 11.7. The number of aromatic nitrogens is 1. The molecule has 0 bridgehead atoms. The third-order valence-corrected chi connectivity index (χ3v) is 6.76. The summed E-state index contributed by atoms with van der Waals surface area (Å²) in [7, 11) is 0. The van der Waals surface area contributed by atoms with Gasteiger partial charge in [0.15, 0.2) is 5.78 Å². The van der Waals surface area contributed by atoms with Crippen LogP contribution in [0.2, 0.25) is 0 Å². The van der Waals surface area contributed by atoms with Crippen molar-refractivity contribution < 1.29 is 23.9 Å². The Kier molecular flexibility index (Phi) is 8.25. The summed E-state index contributed by atoms with van der Waals surface area (Å²) in [5.41, 5.74) is 1.89. The molecule has 1 aliphatic carbocycles. The normalized spacial score (nSPS) is 21.9. The fraction of sp³-hybridized carbons (Fsp3) is 0.393. The Bertz CT molecular complexity index is 1140. The van der Waals surface area contributed by atoms with Gasteiger partial charge < -0.3 is 10.1 Å². The average Bonchev–Trinajstić information content (AvgIpc) is 3.23. The summed E-state index contributed by atoms with van der Waals surface area (Å²) in [4.78, 5) is 55.8. The van der Waals surface area contributed by atoms with Crippen molar-refractivity contribution in [3.05, 3.63) is 65.6 Å².